The molecule has 0 radical (unpaired) electrons. The number of likely N-dealkylation sites (N-methyl/N-ethyl adjacent to an activating group) is 1. The number of nitriles is 1. The van der Waals surface area contributed by atoms with E-state index in [0.29, 0.717) is 17.7 Å². The Labute approximate surface area is 120 Å². The third-order valence-electron chi connectivity index (χ3n) is 4.10. The second kappa shape index (κ2) is 5.74. The highest BCUT2D eigenvalue weighted by Gasteiger charge is 2.31. The summed E-state index contributed by atoms with van der Waals surface area (Å²) in [5, 5.41) is 8.76. The van der Waals surface area contributed by atoms with Gasteiger partial charge >= 0.3 is 0 Å². The van der Waals surface area contributed by atoms with Gasteiger partial charge in [-0.25, -0.2) is 0 Å². The van der Waals surface area contributed by atoms with Gasteiger partial charge in [0.2, 0.25) is 0 Å². The first-order chi connectivity index (χ1) is 9.42. The fourth-order valence-electron chi connectivity index (χ4n) is 2.50. The minimum atomic E-state index is 0.100. The van der Waals surface area contributed by atoms with E-state index in [-0.39, 0.29) is 11.3 Å². The first-order valence-corrected chi connectivity index (χ1v) is 6.89. The second-order valence-corrected chi connectivity index (χ2v) is 6.06. The summed E-state index contributed by atoms with van der Waals surface area (Å²) in [5.41, 5.74) is 1.37. The number of rotatable bonds is 3. The summed E-state index contributed by atoms with van der Waals surface area (Å²) in [7, 11) is 2.12. The van der Waals surface area contributed by atoms with E-state index in [2.05, 4.69) is 36.8 Å². The van der Waals surface area contributed by atoms with E-state index in [9.17, 15) is 4.79 Å². The van der Waals surface area contributed by atoms with Crippen LogP contribution in [0.25, 0.3) is 0 Å². The number of nitrogens with zero attached hydrogens (tertiary/aromatic N) is 3. The SMILES string of the molecule is CN1CCN(CC(=O)c2ccc(C#N)cc2)CC1(C)C. The van der Waals surface area contributed by atoms with Gasteiger partial charge in [0.1, 0.15) is 0 Å². The van der Waals surface area contributed by atoms with E-state index < -0.39 is 0 Å². The predicted molar refractivity (Wildman–Crippen MR) is 78.6 cm³/mol. The first-order valence-electron chi connectivity index (χ1n) is 6.89. The monoisotopic (exact) mass is 271 g/mol. The third-order valence-corrected chi connectivity index (χ3v) is 4.10. The van der Waals surface area contributed by atoms with E-state index in [1.54, 1.807) is 24.3 Å². The predicted octanol–water partition coefficient (Wildman–Crippen LogP) is 1.77. The van der Waals surface area contributed by atoms with Crippen molar-refractivity contribution in [1.29, 1.82) is 5.26 Å². The van der Waals surface area contributed by atoms with E-state index in [0.717, 1.165) is 19.6 Å². The lowest BCUT2D eigenvalue weighted by Gasteiger charge is -2.45. The van der Waals surface area contributed by atoms with Gasteiger partial charge in [-0.05, 0) is 33.0 Å². The Morgan fingerprint density at radius 2 is 1.95 bits per heavy atom. The lowest BCUT2D eigenvalue weighted by Crippen LogP contribution is -2.58. The van der Waals surface area contributed by atoms with Crippen LogP contribution in [0.1, 0.15) is 29.8 Å². The van der Waals surface area contributed by atoms with Crippen molar-refractivity contribution in [3.8, 4) is 6.07 Å². The Balaban J connectivity index is 1.99. The highest BCUT2D eigenvalue weighted by Crippen LogP contribution is 2.19. The van der Waals surface area contributed by atoms with Crippen molar-refractivity contribution in [2.24, 2.45) is 0 Å². The van der Waals surface area contributed by atoms with E-state index in [4.69, 9.17) is 5.26 Å². The van der Waals surface area contributed by atoms with Crippen LogP contribution < -0.4 is 0 Å². The Kier molecular flexibility index (Phi) is 4.22. The number of Topliss-reactive ketones (excluding diaryl/α,β-unsaturated/α-hetero) is 1. The number of hydrogen-bond donors (Lipinski definition) is 0. The first kappa shape index (κ1) is 14.7. The van der Waals surface area contributed by atoms with Crippen molar-refractivity contribution < 1.29 is 4.79 Å². The lowest BCUT2D eigenvalue weighted by molar-refractivity contribution is 0.0390. The molecule has 1 fully saturated rings. The van der Waals surface area contributed by atoms with Crippen LogP contribution in [0.15, 0.2) is 24.3 Å². The molecule has 0 saturated carbocycles. The fourth-order valence-corrected chi connectivity index (χ4v) is 2.50. The van der Waals surface area contributed by atoms with Crippen molar-refractivity contribution in [3.05, 3.63) is 35.4 Å². The lowest BCUT2D eigenvalue weighted by atomic mass is 9.99. The molecule has 1 aromatic rings. The Bertz CT molecular complexity index is 528. The molecule has 0 amide bonds. The summed E-state index contributed by atoms with van der Waals surface area (Å²) in [4.78, 5) is 16.8. The van der Waals surface area contributed by atoms with Crippen molar-refractivity contribution in [2.45, 2.75) is 19.4 Å². The van der Waals surface area contributed by atoms with Gasteiger partial charge in [-0.3, -0.25) is 14.6 Å². The highest BCUT2D eigenvalue weighted by atomic mass is 16.1. The molecule has 20 heavy (non-hydrogen) atoms. The van der Waals surface area contributed by atoms with Gasteiger partial charge in [-0.15, -0.1) is 0 Å². The molecule has 1 aliphatic heterocycles. The summed E-state index contributed by atoms with van der Waals surface area (Å²) >= 11 is 0. The average molecular weight is 271 g/mol. The number of carbonyl (C=O) groups is 1. The van der Waals surface area contributed by atoms with Crippen LogP contribution in [0.2, 0.25) is 0 Å². The molecule has 0 bridgehead atoms. The molecule has 0 spiro atoms. The van der Waals surface area contributed by atoms with Gasteiger partial charge in [0.25, 0.3) is 0 Å². The smallest absolute Gasteiger partial charge is 0.176 e. The maximum atomic E-state index is 12.3. The van der Waals surface area contributed by atoms with Crippen LogP contribution >= 0.6 is 0 Å². The van der Waals surface area contributed by atoms with Crippen LogP contribution in [0, 0.1) is 11.3 Å². The molecule has 4 nitrogen and oxygen atoms in total. The number of benzene rings is 1. The molecule has 0 N–H and O–H groups in total. The molecular formula is C16H21N3O. The molecule has 0 atom stereocenters. The van der Waals surface area contributed by atoms with Crippen molar-refractivity contribution in [3.63, 3.8) is 0 Å². The fraction of sp³-hybridized carbons (Fsp3) is 0.500. The Hall–Kier alpha value is -1.70. The molecule has 0 unspecified atom stereocenters. The summed E-state index contributed by atoms with van der Waals surface area (Å²) in [6.07, 6.45) is 0. The van der Waals surface area contributed by atoms with Gasteiger partial charge in [0, 0.05) is 30.7 Å². The van der Waals surface area contributed by atoms with Crippen LogP contribution in [0.3, 0.4) is 0 Å². The van der Waals surface area contributed by atoms with Gasteiger partial charge in [-0.2, -0.15) is 5.26 Å². The highest BCUT2D eigenvalue weighted by molar-refractivity contribution is 5.97. The van der Waals surface area contributed by atoms with Gasteiger partial charge < -0.3 is 0 Å². The van der Waals surface area contributed by atoms with Crippen molar-refractivity contribution in [1.82, 2.24) is 9.80 Å². The molecule has 2 rings (SSSR count). The number of piperazine rings is 1. The molecular weight excluding hydrogens is 250 g/mol. The summed E-state index contributed by atoms with van der Waals surface area (Å²) in [6.45, 7) is 7.64. The van der Waals surface area contributed by atoms with E-state index in [1.165, 1.54) is 0 Å². The van der Waals surface area contributed by atoms with Crippen LogP contribution in [-0.2, 0) is 0 Å². The summed E-state index contributed by atoms with van der Waals surface area (Å²) in [6, 6.07) is 8.93. The number of hydrogen-bond acceptors (Lipinski definition) is 4. The topological polar surface area (TPSA) is 47.3 Å². The maximum absolute atomic E-state index is 12.3. The van der Waals surface area contributed by atoms with E-state index >= 15 is 0 Å². The van der Waals surface area contributed by atoms with Crippen LogP contribution in [-0.4, -0.2) is 54.3 Å². The standard InChI is InChI=1S/C16H21N3O/c1-16(2)12-19(9-8-18(16)3)11-15(20)14-6-4-13(10-17)5-7-14/h4-7H,8-9,11-12H2,1-3H3. The van der Waals surface area contributed by atoms with Crippen molar-refractivity contribution in [2.75, 3.05) is 33.2 Å². The Morgan fingerprint density at radius 1 is 1.30 bits per heavy atom. The molecule has 1 aliphatic rings. The number of ketones is 1. The molecule has 1 aromatic carbocycles. The molecule has 1 saturated heterocycles. The summed E-state index contributed by atoms with van der Waals surface area (Å²) in [5.74, 6) is 0.120. The molecule has 4 heteroatoms. The zero-order valence-electron chi connectivity index (χ0n) is 12.4. The largest absolute Gasteiger partial charge is 0.299 e. The van der Waals surface area contributed by atoms with Crippen LogP contribution in [0.4, 0.5) is 0 Å². The maximum Gasteiger partial charge on any atom is 0.176 e. The molecule has 1 heterocycles. The molecule has 0 aliphatic carbocycles. The number of carbonyl (C=O) groups excluding carboxylic acids is 1. The quantitative estimate of drug-likeness (QED) is 0.786. The normalized spacial score (nSPS) is 19.5. The third kappa shape index (κ3) is 3.24. The zero-order chi connectivity index (χ0) is 14.8. The molecule has 106 valence electrons. The Morgan fingerprint density at radius 3 is 2.50 bits per heavy atom. The second-order valence-electron chi connectivity index (χ2n) is 6.06. The summed E-state index contributed by atoms with van der Waals surface area (Å²) < 4.78 is 0. The minimum Gasteiger partial charge on any atom is -0.299 e. The van der Waals surface area contributed by atoms with Crippen molar-refractivity contribution >= 4 is 5.78 Å². The van der Waals surface area contributed by atoms with Gasteiger partial charge in [-0.1, -0.05) is 12.1 Å². The zero-order valence-corrected chi connectivity index (χ0v) is 12.4. The van der Waals surface area contributed by atoms with Gasteiger partial charge in [0.15, 0.2) is 5.78 Å². The van der Waals surface area contributed by atoms with E-state index in [1.807, 2.05) is 0 Å². The minimum absolute atomic E-state index is 0.100. The molecule has 0 aromatic heterocycles. The van der Waals surface area contributed by atoms with Gasteiger partial charge in [0.05, 0.1) is 18.2 Å². The van der Waals surface area contributed by atoms with Crippen LogP contribution in [0.5, 0.6) is 0 Å². The average Bonchev–Trinajstić information content (AvgIpc) is 2.42.